The van der Waals surface area contributed by atoms with E-state index in [9.17, 15) is 14.4 Å². The number of pyridine rings is 1. The van der Waals surface area contributed by atoms with Crippen LogP contribution < -0.4 is 19.9 Å². The summed E-state index contributed by atoms with van der Waals surface area (Å²) >= 11 is 0. The Kier molecular flexibility index (Phi) is 5.82. The fraction of sp³-hybridized carbons (Fsp3) is 0.381. The molecule has 2 aromatic rings. The van der Waals surface area contributed by atoms with Crippen molar-refractivity contribution in [1.82, 2.24) is 4.57 Å². The zero-order chi connectivity index (χ0) is 20.3. The molecule has 0 spiro atoms. The smallest absolute Gasteiger partial charge is 0.293 e. The number of Topliss-reactive ketones (excluding diaryl/α,β-unsaturated/α-hetero) is 1. The maximum absolute atomic E-state index is 13.1. The predicted octanol–water partition coefficient (Wildman–Crippen LogP) is 2.83. The number of nitrogens with zero attached hydrogens (tertiary/aromatic N) is 2. The van der Waals surface area contributed by atoms with E-state index in [4.69, 9.17) is 9.47 Å². The molecule has 0 saturated carbocycles. The number of hydrogen-bond acceptors (Lipinski definition) is 5. The first-order chi connectivity index (χ1) is 13.5. The van der Waals surface area contributed by atoms with Gasteiger partial charge in [0.1, 0.15) is 5.75 Å². The highest BCUT2D eigenvalue weighted by atomic mass is 16.5. The molecule has 1 unspecified atom stereocenters. The first-order valence-electron chi connectivity index (χ1n) is 9.43. The summed E-state index contributed by atoms with van der Waals surface area (Å²) in [5.41, 5.74) is 0.653. The molecule has 148 valence electrons. The van der Waals surface area contributed by atoms with E-state index in [-0.39, 0.29) is 29.6 Å². The average Bonchev–Trinajstić information content (AvgIpc) is 2.70. The van der Waals surface area contributed by atoms with Crippen LogP contribution in [0.1, 0.15) is 43.6 Å². The molecule has 1 atom stereocenters. The molecule has 1 aromatic heterocycles. The zero-order valence-corrected chi connectivity index (χ0v) is 16.3. The highest BCUT2D eigenvalue weighted by Gasteiger charge is 2.27. The number of ketones is 1. The van der Waals surface area contributed by atoms with Crippen molar-refractivity contribution in [1.29, 1.82) is 0 Å². The molecule has 0 fully saturated rings. The van der Waals surface area contributed by atoms with Gasteiger partial charge in [-0.3, -0.25) is 14.4 Å². The number of hydrogen-bond donors (Lipinski definition) is 0. The maximum atomic E-state index is 13.1. The molecule has 7 heteroatoms. The van der Waals surface area contributed by atoms with Crippen LogP contribution in [0, 0.1) is 0 Å². The molecule has 0 aliphatic carbocycles. The summed E-state index contributed by atoms with van der Waals surface area (Å²) in [5.74, 6) is 0.427. The topological polar surface area (TPSA) is 77.8 Å². The van der Waals surface area contributed by atoms with E-state index in [2.05, 4.69) is 0 Å². The number of amides is 1. The minimum Gasteiger partial charge on any atom is -0.488 e. The van der Waals surface area contributed by atoms with Gasteiger partial charge in [-0.1, -0.05) is 6.92 Å². The lowest BCUT2D eigenvalue weighted by Gasteiger charge is -2.29. The summed E-state index contributed by atoms with van der Waals surface area (Å²) in [6.45, 7) is 6.37. The Labute approximate surface area is 163 Å². The van der Waals surface area contributed by atoms with Crippen LogP contribution in [0.3, 0.4) is 0 Å². The van der Waals surface area contributed by atoms with Crippen LogP contribution >= 0.6 is 0 Å². The van der Waals surface area contributed by atoms with E-state index in [0.717, 1.165) is 6.42 Å². The van der Waals surface area contributed by atoms with E-state index < -0.39 is 6.04 Å². The monoisotopic (exact) mass is 384 g/mol. The molecular weight excluding hydrogens is 360 g/mol. The van der Waals surface area contributed by atoms with Crippen LogP contribution in [0.2, 0.25) is 0 Å². The van der Waals surface area contributed by atoms with Gasteiger partial charge in [0.05, 0.1) is 18.3 Å². The Balaban J connectivity index is 1.94. The normalized spacial score (nSPS) is 14.2. The van der Waals surface area contributed by atoms with Crippen molar-refractivity contribution in [3.63, 3.8) is 0 Å². The molecule has 1 aliphatic heterocycles. The van der Waals surface area contributed by atoms with Crippen molar-refractivity contribution < 1.29 is 19.1 Å². The van der Waals surface area contributed by atoms with Gasteiger partial charge < -0.3 is 18.9 Å². The van der Waals surface area contributed by atoms with Crippen LogP contribution in [0.4, 0.5) is 5.69 Å². The van der Waals surface area contributed by atoms with E-state index in [1.165, 1.54) is 4.57 Å². The summed E-state index contributed by atoms with van der Waals surface area (Å²) in [6.07, 6.45) is 2.36. The Morgan fingerprint density at radius 2 is 2.04 bits per heavy atom. The number of aromatic nitrogens is 1. The first-order valence-corrected chi connectivity index (χ1v) is 9.43. The summed E-state index contributed by atoms with van der Waals surface area (Å²) in [7, 11) is 0. The molecule has 2 heterocycles. The summed E-state index contributed by atoms with van der Waals surface area (Å²) in [5, 5.41) is 0. The Hall–Kier alpha value is -3.09. The molecule has 7 nitrogen and oxygen atoms in total. The Morgan fingerprint density at radius 3 is 2.75 bits per heavy atom. The number of rotatable bonds is 7. The molecule has 0 saturated heterocycles. The molecule has 0 N–H and O–H groups in total. The number of ether oxygens (including phenoxy) is 2. The van der Waals surface area contributed by atoms with Gasteiger partial charge >= 0.3 is 0 Å². The maximum Gasteiger partial charge on any atom is 0.293 e. The van der Waals surface area contributed by atoms with Crippen LogP contribution in [0.5, 0.6) is 11.5 Å². The quantitative estimate of drug-likeness (QED) is 0.686. The summed E-state index contributed by atoms with van der Waals surface area (Å²) < 4.78 is 12.2. The van der Waals surface area contributed by atoms with Gasteiger partial charge in [-0.05, 0) is 50.6 Å². The average molecular weight is 384 g/mol. The van der Waals surface area contributed by atoms with E-state index in [0.29, 0.717) is 30.2 Å². The minimum absolute atomic E-state index is 0.00366. The highest BCUT2D eigenvalue weighted by Crippen LogP contribution is 2.34. The lowest BCUT2D eigenvalue weighted by atomic mass is 10.0. The van der Waals surface area contributed by atoms with Gasteiger partial charge in [-0.2, -0.15) is 0 Å². The standard InChI is InChI=1S/C21H24N2O5/c1-4-10-23-16-12-15(8-9-17(16)28-13-19(23)24)20(25)14(3)22-11-6-7-18(21(22)26)27-5-2/h6-9,11-12,14H,4-5,10,13H2,1-3H3. The Bertz CT molecular complexity index is 950. The number of carbonyl (C=O) groups excluding carboxylic acids is 2. The number of benzene rings is 1. The summed E-state index contributed by atoms with van der Waals surface area (Å²) in [6, 6.07) is 7.57. The molecule has 1 aliphatic rings. The number of anilines is 1. The van der Waals surface area contributed by atoms with Gasteiger partial charge in [0, 0.05) is 18.3 Å². The van der Waals surface area contributed by atoms with Gasteiger partial charge in [-0.25, -0.2) is 0 Å². The lowest BCUT2D eigenvalue weighted by Crippen LogP contribution is -2.39. The highest BCUT2D eigenvalue weighted by molar-refractivity contribution is 6.03. The third-order valence-corrected chi connectivity index (χ3v) is 4.67. The Morgan fingerprint density at radius 1 is 1.25 bits per heavy atom. The molecule has 1 amide bonds. The SMILES string of the molecule is CCCN1C(=O)COc2ccc(C(=O)C(C)n3cccc(OCC)c3=O)cc21. The van der Waals surface area contributed by atoms with E-state index in [1.807, 2.05) is 6.92 Å². The van der Waals surface area contributed by atoms with E-state index in [1.54, 1.807) is 55.3 Å². The number of carbonyl (C=O) groups is 2. The van der Waals surface area contributed by atoms with Gasteiger partial charge in [0.25, 0.3) is 11.5 Å². The zero-order valence-electron chi connectivity index (χ0n) is 16.3. The van der Waals surface area contributed by atoms with Crippen molar-refractivity contribution >= 4 is 17.4 Å². The van der Waals surface area contributed by atoms with Crippen molar-refractivity contribution in [2.45, 2.75) is 33.2 Å². The molecule has 28 heavy (non-hydrogen) atoms. The largest absolute Gasteiger partial charge is 0.488 e. The fourth-order valence-electron chi connectivity index (χ4n) is 3.25. The fourth-order valence-corrected chi connectivity index (χ4v) is 3.25. The number of fused-ring (bicyclic) bond motifs is 1. The molecule has 3 rings (SSSR count). The van der Waals surface area contributed by atoms with Gasteiger partial charge in [0.15, 0.2) is 18.1 Å². The van der Waals surface area contributed by atoms with Crippen molar-refractivity contribution in [2.75, 3.05) is 24.7 Å². The third-order valence-electron chi connectivity index (χ3n) is 4.67. The van der Waals surface area contributed by atoms with Gasteiger partial charge in [-0.15, -0.1) is 0 Å². The summed E-state index contributed by atoms with van der Waals surface area (Å²) in [4.78, 5) is 39.4. The van der Waals surface area contributed by atoms with Crippen LogP contribution in [0.25, 0.3) is 0 Å². The molecule has 1 aromatic carbocycles. The van der Waals surface area contributed by atoms with Crippen LogP contribution in [-0.2, 0) is 4.79 Å². The first kappa shape index (κ1) is 19.7. The van der Waals surface area contributed by atoms with Crippen molar-refractivity contribution in [3.05, 3.63) is 52.4 Å². The van der Waals surface area contributed by atoms with Crippen LogP contribution in [0.15, 0.2) is 41.3 Å². The molecule has 0 radical (unpaired) electrons. The molecular formula is C21H24N2O5. The third kappa shape index (κ3) is 3.65. The van der Waals surface area contributed by atoms with Crippen LogP contribution in [-0.4, -0.2) is 36.0 Å². The second-order valence-corrected chi connectivity index (χ2v) is 6.57. The second kappa shape index (κ2) is 8.29. The van der Waals surface area contributed by atoms with Crippen molar-refractivity contribution in [3.8, 4) is 11.5 Å². The van der Waals surface area contributed by atoms with E-state index >= 15 is 0 Å². The lowest BCUT2D eigenvalue weighted by molar-refractivity contribution is -0.121. The predicted molar refractivity (Wildman–Crippen MR) is 105 cm³/mol. The van der Waals surface area contributed by atoms with Crippen molar-refractivity contribution in [2.24, 2.45) is 0 Å². The second-order valence-electron chi connectivity index (χ2n) is 6.57. The van der Waals surface area contributed by atoms with Gasteiger partial charge in [0.2, 0.25) is 0 Å². The minimum atomic E-state index is -0.717. The molecule has 0 bridgehead atoms.